The van der Waals surface area contributed by atoms with Crippen molar-refractivity contribution in [1.29, 1.82) is 0 Å². The van der Waals surface area contributed by atoms with Gasteiger partial charge >= 0.3 is 0 Å². The number of rotatable bonds is 5. The second kappa shape index (κ2) is 42.8. The fourth-order valence-corrected chi connectivity index (χ4v) is 0.789. The molecule has 1 atom stereocenters. The summed E-state index contributed by atoms with van der Waals surface area (Å²) in [5.74, 6) is 1.79. The Morgan fingerprint density at radius 3 is 0.800 bits per heavy atom. The van der Waals surface area contributed by atoms with E-state index in [0.717, 1.165) is 11.8 Å². The van der Waals surface area contributed by atoms with Gasteiger partial charge in [0.15, 0.2) is 0 Å². The lowest BCUT2D eigenvalue weighted by Crippen LogP contribution is -2.02. The summed E-state index contributed by atoms with van der Waals surface area (Å²) in [5.41, 5.74) is 0. The van der Waals surface area contributed by atoms with Crippen molar-refractivity contribution < 1.29 is 0 Å². The summed E-state index contributed by atoms with van der Waals surface area (Å²) >= 11 is 0. The van der Waals surface area contributed by atoms with Crippen LogP contribution in [0.3, 0.4) is 0 Å². The van der Waals surface area contributed by atoms with E-state index >= 15 is 0 Å². The van der Waals surface area contributed by atoms with Crippen molar-refractivity contribution in [3.8, 4) is 0 Å². The molecule has 0 bridgehead atoms. The van der Waals surface area contributed by atoms with Gasteiger partial charge in [-0.25, -0.2) is 0 Å². The summed E-state index contributed by atoms with van der Waals surface area (Å²) < 4.78 is 0. The first-order valence-corrected chi connectivity index (χ1v) is 9.51. The summed E-state index contributed by atoms with van der Waals surface area (Å²) in [5, 5.41) is 0. The average Bonchev–Trinajstić information content (AvgIpc) is 2.52. The molecule has 0 spiro atoms. The Kier molecular flexibility index (Phi) is 68.6. The number of hydrogen-bond donors (Lipinski definition) is 0. The van der Waals surface area contributed by atoms with Crippen LogP contribution in [0.5, 0.6) is 0 Å². The fourth-order valence-electron chi connectivity index (χ4n) is 0.789. The zero-order valence-corrected chi connectivity index (χ0v) is 17.4. The van der Waals surface area contributed by atoms with E-state index in [-0.39, 0.29) is 0 Å². The van der Waals surface area contributed by atoms with Crippen LogP contribution in [0.25, 0.3) is 0 Å². The van der Waals surface area contributed by atoms with Gasteiger partial charge in [0.2, 0.25) is 0 Å². The highest BCUT2D eigenvalue weighted by Crippen LogP contribution is 2.14. The van der Waals surface area contributed by atoms with Gasteiger partial charge in [-0.1, -0.05) is 122 Å². The van der Waals surface area contributed by atoms with Gasteiger partial charge in [0, 0.05) is 0 Å². The van der Waals surface area contributed by atoms with Crippen LogP contribution in [0.1, 0.15) is 122 Å². The minimum Gasteiger partial charge on any atom is -0.0683 e. The maximum atomic E-state index is 2.33. The summed E-state index contributed by atoms with van der Waals surface area (Å²) in [6.07, 6.45) is 8.00. The van der Waals surface area contributed by atoms with Crippen molar-refractivity contribution in [2.75, 3.05) is 0 Å². The molecule has 0 saturated carbocycles. The van der Waals surface area contributed by atoms with Crippen LogP contribution in [-0.2, 0) is 0 Å². The largest absolute Gasteiger partial charge is 0.0683 e. The van der Waals surface area contributed by atoms with E-state index in [9.17, 15) is 0 Å². The summed E-state index contributed by atoms with van der Waals surface area (Å²) in [7, 11) is 0. The summed E-state index contributed by atoms with van der Waals surface area (Å²) in [6, 6.07) is 0. The summed E-state index contributed by atoms with van der Waals surface area (Å²) in [4.78, 5) is 0. The molecule has 0 aliphatic rings. The standard InChI is InChI=1S/C8H18.2C4H10.2C2H6/c1-5-6-8(4)7(2)3;2*1-3-4-2;2*1-2/h7-8H,5-6H2,1-4H3;2*3-4H2,1-2H3;2*1-2H3. The molecule has 0 nitrogen and oxygen atoms in total. The molecule has 0 radical (unpaired) electrons. The smallest absolute Gasteiger partial charge is 0.0420 e. The van der Waals surface area contributed by atoms with Crippen molar-refractivity contribution in [2.45, 2.75) is 122 Å². The molecular formula is C20H50. The highest BCUT2D eigenvalue weighted by Gasteiger charge is 2.03. The van der Waals surface area contributed by atoms with Gasteiger partial charge < -0.3 is 0 Å². The lowest BCUT2D eigenvalue weighted by Gasteiger charge is -2.12. The molecule has 0 aromatic rings. The second-order valence-electron chi connectivity index (χ2n) is 5.01. The molecule has 0 heterocycles. The van der Waals surface area contributed by atoms with Gasteiger partial charge in [0.05, 0.1) is 0 Å². The van der Waals surface area contributed by atoms with Crippen LogP contribution < -0.4 is 0 Å². The molecular weight excluding hydrogens is 240 g/mol. The molecule has 0 heteroatoms. The first-order chi connectivity index (χ1) is 9.51. The first-order valence-electron chi connectivity index (χ1n) is 9.51. The van der Waals surface area contributed by atoms with Gasteiger partial charge in [-0.2, -0.15) is 0 Å². The maximum Gasteiger partial charge on any atom is -0.0420 e. The Balaban J connectivity index is -0.0000000535. The molecule has 0 rings (SSSR count). The SMILES string of the molecule is CC.CC.CCCC.CCCC.CCCC(C)C(C)C. The van der Waals surface area contributed by atoms with E-state index < -0.39 is 0 Å². The molecule has 0 N–H and O–H groups in total. The predicted molar refractivity (Wildman–Crippen MR) is 103 cm³/mol. The van der Waals surface area contributed by atoms with Crippen LogP contribution in [0.4, 0.5) is 0 Å². The van der Waals surface area contributed by atoms with Gasteiger partial charge in [0.1, 0.15) is 0 Å². The molecule has 0 saturated heterocycles. The molecule has 0 aromatic heterocycles. The summed E-state index contributed by atoms with van der Waals surface area (Å²) in [6.45, 7) is 25.9. The maximum absolute atomic E-state index is 2.33. The Labute approximate surface area is 134 Å². The Hall–Kier alpha value is 0. The highest BCUT2D eigenvalue weighted by atomic mass is 14.1. The molecule has 0 fully saturated rings. The van der Waals surface area contributed by atoms with Crippen LogP contribution >= 0.6 is 0 Å². The lowest BCUT2D eigenvalue weighted by molar-refractivity contribution is 0.389. The van der Waals surface area contributed by atoms with Crippen LogP contribution in [-0.4, -0.2) is 0 Å². The zero-order chi connectivity index (χ0) is 17.4. The van der Waals surface area contributed by atoms with E-state index in [0.29, 0.717) is 0 Å². The predicted octanol–water partition coefficient (Wildman–Crippen LogP) is 8.74. The van der Waals surface area contributed by atoms with E-state index in [2.05, 4.69) is 55.4 Å². The van der Waals surface area contributed by atoms with Crippen LogP contribution in [0.2, 0.25) is 0 Å². The van der Waals surface area contributed by atoms with Gasteiger partial charge in [-0.05, 0) is 11.8 Å². The van der Waals surface area contributed by atoms with Crippen molar-refractivity contribution >= 4 is 0 Å². The minimum absolute atomic E-state index is 0.870. The van der Waals surface area contributed by atoms with Crippen LogP contribution in [0.15, 0.2) is 0 Å². The molecule has 130 valence electrons. The lowest BCUT2D eigenvalue weighted by atomic mass is 9.94. The number of unbranched alkanes of at least 4 members (excludes halogenated alkanes) is 2. The first kappa shape index (κ1) is 32.1. The van der Waals surface area contributed by atoms with Crippen molar-refractivity contribution in [3.05, 3.63) is 0 Å². The monoisotopic (exact) mass is 290 g/mol. The quantitative estimate of drug-likeness (QED) is 0.474. The third-order valence-electron chi connectivity index (χ3n) is 2.88. The van der Waals surface area contributed by atoms with E-state index in [4.69, 9.17) is 0 Å². The van der Waals surface area contributed by atoms with Crippen molar-refractivity contribution in [2.24, 2.45) is 11.8 Å². The average molecular weight is 291 g/mol. The second-order valence-corrected chi connectivity index (χ2v) is 5.01. The van der Waals surface area contributed by atoms with Gasteiger partial charge in [-0.15, -0.1) is 0 Å². The fraction of sp³-hybridized carbons (Fsp3) is 1.00. The zero-order valence-electron chi connectivity index (χ0n) is 17.4. The van der Waals surface area contributed by atoms with Gasteiger partial charge in [0.25, 0.3) is 0 Å². The minimum atomic E-state index is 0.870. The third kappa shape index (κ3) is 64.2. The number of hydrogen-bond acceptors (Lipinski definition) is 0. The Morgan fingerprint density at radius 2 is 0.750 bits per heavy atom. The molecule has 20 heavy (non-hydrogen) atoms. The van der Waals surface area contributed by atoms with E-state index in [1.54, 1.807) is 0 Å². The Morgan fingerprint density at radius 1 is 0.500 bits per heavy atom. The van der Waals surface area contributed by atoms with Crippen molar-refractivity contribution in [3.63, 3.8) is 0 Å². The topological polar surface area (TPSA) is 0 Å². The normalized spacial score (nSPS) is 9.45. The van der Waals surface area contributed by atoms with Crippen LogP contribution in [0, 0.1) is 11.8 Å². The Bertz CT molecular complexity index is 76.0. The van der Waals surface area contributed by atoms with E-state index in [1.165, 1.54) is 38.5 Å². The van der Waals surface area contributed by atoms with Crippen molar-refractivity contribution in [1.82, 2.24) is 0 Å². The molecule has 1 unspecified atom stereocenters. The molecule has 0 aliphatic carbocycles. The highest BCUT2D eigenvalue weighted by molar-refractivity contribution is 4.54. The third-order valence-corrected chi connectivity index (χ3v) is 2.88. The molecule has 0 aromatic carbocycles. The van der Waals surface area contributed by atoms with Gasteiger partial charge in [-0.3, -0.25) is 0 Å². The molecule has 0 aliphatic heterocycles. The molecule has 0 amide bonds. The van der Waals surface area contributed by atoms with E-state index in [1.807, 2.05) is 27.7 Å².